The molecule has 1 saturated carbocycles. The molecule has 192 valence electrons. The highest BCUT2D eigenvalue weighted by Crippen LogP contribution is 2.36. The van der Waals surface area contributed by atoms with Gasteiger partial charge in [0, 0.05) is 48.0 Å². The van der Waals surface area contributed by atoms with Gasteiger partial charge >= 0.3 is 6.09 Å². The number of carbonyl (C=O) groups is 2. The predicted molar refractivity (Wildman–Crippen MR) is 138 cm³/mol. The van der Waals surface area contributed by atoms with Crippen LogP contribution in [0.15, 0.2) is 46.1 Å². The number of amides is 1. The van der Waals surface area contributed by atoms with Crippen LogP contribution in [0, 0.1) is 0 Å². The lowest BCUT2D eigenvalue weighted by Gasteiger charge is -2.33. The van der Waals surface area contributed by atoms with E-state index in [4.69, 9.17) is 9.47 Å². The number of nitrogens with zero attached hydrogens (tertiary/aromatic N) is 4. The normalized spacial score (nSPS) is 23.1. The zero-order chi connectivity index (χ0) is 25.5. The Labute approximate surface area is 217 Å². The predicted octanol–water partition coefficient (Wildman–Crippen LogP) is 2.55. The van der Waals surface area contributed by atoms with Crippen molar-refractivity contribution >= 4 is 40.5 Å². The molecule has 3 aromatic heterocycles. The number of methoxy groups -OCH3 is 1. The SMILES string of the molecule is COc1ccc2ccc(=O)n(CCN[C@H]3CC[C@H]4[C@H](C3)OC(=O)N4c3ccc4c(n3)CC(=O)CS4)c2n1. The van der Waals surface area contributed by atoms with E-state index in [0.717, 1.165) is 28.8 Å². The molecule has 3 atom stereocenters. The second kappa shape index (κ2) is 9.79. The summed E-state index contributed by atoms with van der Waals surface area (Å²) in [5.41, 5.74) is 1.22. The van der Waals surface area contributed by atoms with Crippen LogP contribution in [0.2, 0.25) is 0 Å². The van der Waals surface area contributed by atoms with E-state index >= 15 is 0 Å². The summed E-state index contributed by atoms with van der Waals surface area (Å²) in [4.78, 5) is 49.0. The first-order valence-electron chi connectivity index (χ1n) is 12.4. The number of hydrogen-bond acceptors (Lipinski definition) is 9. The Kier molecular flexibility index (Phi) is 6.33. The van der Waals surface area contributed by atoms with Gasteiger partial charge in [-0.05, 0) is 37.1 Å². The quantitative estimate of drug-likeness (QED) is 0.522. The second-order valence-electron chi connectivity index (χ2n) is 9.53. The van der Waals surface area contributed by atoms with Crippen LogP contribution in [-0.4, -0.2) is 64.0 Å². The number of thioether (sulfide) groups is 1. The molecule has 0 spiro atoms. The summed E-state index contributed by atoms with van der Waals surface area (Å²) in [5, 5.41) is 4.41. The molecule has 0 aromatic carbocycles. The van der Waals surface area contributed by atoms with Crippen LogP contribution in [0.25, 0.3) is 11.0 Å². The Morgan fingerprint density at radius 3 is 2.84 bits per heavy atom. The minimum Gasteiger partial charge on any atom is -0.481 e. The van der Waals surface area contributed by atoms with E-state index in [1.165, 1.54) is 11.8 Å². The molecule has 1 aliphatic carbocycles. The van der Waals surface area contributed by atoms with E-state index in [2.05, 4.69) is 15.3 Å². The van der Waals surface area contributed by atoms with E-state index in [0.29, 0.717) is 49.0 Å². The molecule has 0 bridgehead atoms. The lowest BCUT2D eigenvalue weighted by atomic mass is 9.88. The van der Waals surface area contributed by atoms with Gasteiger partial charge in [-0.3, -0.25) is 19.1 Å². The number of carbonyl (C=O) groups excluding carboxylic acids is 2. The number of aromatic nitrogens is 3. The van der Waals surface area contributed by atoms with Crippen LogP contribution in [-0.2, 0) is 22.5 Å². The molecule has 3 aromatic rings. The van der Waals surface area contributed by atoms with E-state index in [1.807, 2.05) is 18.2 Å². The lowest BCUT2D eigenvalue weighted by molar-refractivity contribution is -0.116. The second-order valence-corrected chi connectivity index (χ2v) is 10.5. The number of ketones is 1. The topological polar surface area (TPSA) is 116 Å². The molecule has 0 radical (unpaired) electrons. The van der Waals surface area contributed by atoms with Gasteiger partial charge in [0.2, 0.25) is 5.88 Å². The standard InChI is InChI=1S/C26H27N5O5S/c1-35-23-8-2-15-3-9-24(33)30(25(15)29-23)11-10-27-16-4-5-19-20(12-16)36-26(34)31(19)22-7-6-21-18(28-22)13-17(32)14-37-21/h2-3,6-9,16,19-20,27H,4-5,10-14H2,1H3/t16-,19-,20-/m0/s1. The van der Waals surface area contributed by atoms with Crippen molar-refractivity contribution < 1.29 is 19.1 Å². The van der Waals surface area contributed by atoms with Crippen molar-refractivity contribution in [3.8, 4) is 5.88 Å². The zero-order valence-electron chi connectivity index (χ0n) is 20.4. The van der Waals surface area contributed by atoms with E-state index in [9.17, 15) is 14.4 Å². The lowest BCUT2D eigenvalue weighted by Crippen LogP contribution is -2.46. The third-order valence-electron chi connectivity index (χ3n) is 7.24. The summed E-state index contributed by atoms with van der Waals surface area (Å²) >= 11 is 1.49. The molecule has 2 fully saturated rings. The summed E-state index contributed by atoms with van der Waals surface area (Å²) in [7, 11) is 1.55. The van der Waals surface area contributed by atoms with Gasteiger partial charge in [-0.15, -0.1) is 11.8 Å². The van der Waals surface area contributed by atoms with Crippen LogP contribution in [0.5, 0.6) is 5.88 Å². The van der Waals surface area contributed by atoms with Gasteiger partial charge in [0.05, 0.1) is 31.0 Å². The van der Waals surface area contributed by atoms with E-state index < -0.39 is 0 Å². The maximum absolute atomic E-state index is 12.8. The van der Waals surface area contributed by atoms with Gasteiger partial charge in [-0.1, -0.05) is 0 Å². The largest absolute Gasteiger partial charge is 0.481 e. The van der Waals surface area contributed by atoms with Crippen LogP contribution in [0.3, 0.4) is 0 Å². The number of hydrogen-bond donors (Lipinski definition) is 1. The van der Waals surface area contributed by atoms with Crippen molar-refractivity contribution in [2.24, 2.45) is 0 Å². The number of Topliss-reactive ketones (excluding diaryl/α,β-unsaturated/α-hetero) is 1. The molecular formula is C26H27N5O5S. The van der Waals surface area contributed by atoms with Gasteiger partial charge in [0.25, 0.3) is 5.56 Å². The average molecular weight is 522 g/mol. The van der Waals surface area contributed by atoms with Crippen LogP contribution in [0.4, 0.5) is 10.6 Å². The average Bonchev–Trinajstić information content (AvgIpc) is 3.24. The number of ether oxygens (including phenoxy) is 2. The molecule has 1 N–H and O–H groups in total. The molecule has 6 rings (SSSR count). The Balaban J connectivity index is 1.11. The van der Waals surface area contributed by atoms with Crippen LogP contribution < -0.4 is 20.5 Å². The van der Waals surface area contributed by atoms with Crippen molar-refractivity contribution in [1.82, 2.24) is 19.9 Å². The first-order chi connectivity index (χ1) is 18.0. The number of rotatable bonds is 6. The third kappa shape index (κ3) is 4.57. The number of nitrogens with one attached hydrogen (secondary N) is 1. The van der Waals surface area contributed by atoms with Gasteiger partial charge in [0.15, 0.2) is 0 Å². The molecule has 1 amide bonds. The van der Waals surface area contributed by atoms with Gasteiger partial charge in [0.1, 0.15) is 23.4 Å². The Hall–Kier alpha value is -3.44. The minimum atomic E-state index is -0.389. The fourth-order valence-electron chi connectivity index (χ4n) is 5.42. The smallest absolute Gasteiger partial charge is 0.416 e. The monoisotopic (exact) mass is 521 g/mol. The molecule has 11 heteroatoms. The molecule has 37 heavy (non-hydrogen) atoms. The molecule has 2 aliphatic heterocycles. The summed E-state index contributed by atoms with van der Waals surface area (Å²) in [5.74, 6) is 1.63. The number of fused-ring (bicyclic) bond motifs is 3. The van der Waals surface area contributed by atoms with Gasteiger partial charge in [-0.2, -0.15) is 4.98 Å². The summed E-state index contributed by atoms with van der Waals surface area (Å²) in [6.45, 7) is 1.04. The van der Waals surface area contributed by atoms with Crippen molar-refractivity contribution in [2.45, 2.75) is 55.3 Å². The number of pyridine rings is 3. The Morgan fingerprint density at radius 2 is 1.97 bits per heavy atom. The van der Waals surface area contributed by atoms with E-state index in [-0.39, 0.29) is 35.6 Å². The van der Waals surface area contributed by atoms with Gasteiger partial charge in [-0.25, -0.2) is 9.78 Å². The fraction of sp³-hybridized carbons (Fsp3) is 0.423. The maximum atomic E-state index is 12.8. The van der Waals surface area contributed by atoms with Crippen LogP contribution in [0.1, 0.15) is 25.0 Å². The Morgan fingerprint density at radius 1 is 1.11 bits per heavy atom. The van der Waals surface area contributed by atoms with E-state index in [1.54, 1.807) is 34.8 Å². The van der Waals surface area contributed by atoms with Crippen molar-refractivity contribution in [2.75, 3.05) is 24.3 Å². The molecule has 5 heterocycles. The zero-order valence-corrected chi connectivity index (χ0v) is 21.2. The molecule has 10 nitrogen and oxygen atoms in total. The highest BCUT2D eigenvalue weighted by atomic mass is 32.2. The van der Waals surface area contributed by atoms with Crippen molar-refractivity contribution in [1.29, 1.82) is 0 Å². The van der Waals surface area contributed by atoms with Gasteiger partial charge < -0.3 is 14.8 Å². The van der Waals surface area contributed by atoms with Crippen LogP contribution >= 0.6 is 11.8 Å². The van der Waals surface area contributed by atoms with Crippen molar-refractivity contribution in [3.05, 3.63) is 52.4 Å². The molecular weight excluding hydrogens is 494 g/mol. The molecule has 3 aliphatic rings. The summed E-state index contributed by atoms with van der Waals surface area (Å²) < 4.78 is 12.6. The highest BCUT2D eigenvalue weighted by molar-refractivity contribution is 8.00. The minimum absolute atomic E-state index is 0.0830. The summed E-state index contributed by atoms with van der Waals surface area (Å²) in [6.07, 6.45) is 2.00. The summed E-state index contributed by atoms with van der Waals surface area (Å²) in [6, 6.07) is 10.9. The number of anilines is 1. The molecule has 0 unspecified atom stereocenters. The first-order valence-corrected chi connectivity index (χ1v) is 13.4. The highest BCUT2D eigenvalue weighted by Gasteiger charge is 2.46. The van der Waals surface area contributed by atoms with Crippen molar-refractivity contribution in [3.63, 3.8) is 0 Å². The first kappa shape index (κ1) is 23.9. The molecule has 1 saturated heterocycles. The third-order valence-corrected chi connectivity index (χ3v) is 8.39. The maximum Gasteiger partial charge on any atom is 0.416 e. The fourth-order valence-corrected chi connectivity index (χ4v) is 6.29. The Bertz CT molecular complexity index is 1440.